The Morgan fingerprint density at radius 1 is 1.09 bits per heavy atom. The summed E-state index contributed by atoms with van der Waals surface area (Å²) in [7, 11) is 3.40. The first-order chi connectivity index (χ1) is 15.2. The number of carbonyl (C=O) groups excluding carboxylic acids is 4. The number of benzene rings is 1. The second kappa shape index (κ2) is 9.71. The molecule has 3 rings (SSSR count). The molecular formula is C24H34N4O4. The van der Waals surface area contributed by atoms with Crippen molar-refractivity contribution in [2.45, 2.75) is 58.0 Å². The first-order valence-corrected chi connectivity index (χ1v) is 11.4. The van der Waals surface area contributed by atoms with Crippen molar-refractivity contribution in [1.82, 2.24) is 20.0 Å². The van der Waals surface area contributed by atoms with Gasteiger partial charge in [-0.05, 0) is 56.2 Å². The van der Waals surface area contributed by atoms with Crippen LogP contribution in [0.15, 0.2) is 24.3 Å². The van der Waals surface area contributed by atoms with Crippen LogP contribution in [0, 0.1) is 5.92 Å². The lowest BCUT2D eigenvalue weighted by Crippen LogP contribution is -2.50. The van der Waals surface area contributed by atoms with Gasteiger partial charge in [-0.25, -0.2) is 4.79 Å². The molecule has 8 nitrogen and oxygen atoms in total. The molecule has 1 aromatic rings. The summed E-state index contributed by atoms with van der Waals surface area (Å²) in [6, 6.07) is 6.65. The first kappa shape index (κ1) is 23.8. The summed E-state index contributed by atoms with van der Waals surface area (Å²) in [6.45, 7) is 4.55. The highest BCUT2D eigenvalue weighted by molar-refractivity contribution is 6.09. The van der Waals surface area contributed by atoms with E-state index in [1.54, 1.807) is 31.1 Å². The Balaban J connectivity index is 1.63. The fraction of sp³-hybridized carbons (Fsp3) is 0.583. The number of imide groups is 1. The third kappa shape index (κ3) is 4.79. The van der Waals surface area contributed by atoms with E-state index in [-0.39, 0.29) is 24.3 Å². The Bertz CT molecular complexity index is 872. The van der Waals surface area contributed by atoms with Gasteiger partial charge in [0.1, 0.15) is 12.1 Å². The van der Waals surface area contributed by atoms with Crippen LogP contribution in [-0.4, -0.2) is 71.2 Å². The highest BCUT2D eigenvalue weighted by Crippen LogP contribution is 2.37. The van der Waals surface area contributed by atoms with Crippen molar-refractivity contribution in [3.05, 3.63) is 35.4 Å². The van der Waals surface area contributed by atoms with Crippen molar-refractivity contribution >= 4 is 23.8 Å². The van der Waals surface area contributed by atoms with Gasteiger partial charge in [0.15, 0.2) is 0 Å². The topological polar surface area (TPSA) is 90.0 Å². The van der Waals surface area contributed by atoms with Gasteiger partial charge in [-0.15, -0.1) is 0 Å². The molecule has 1 saturated heterocycles. The van der Waals surface area contributed by atoms with E-state index in [0.717, 1.165) is 29.7 Å². The van der Waals surface area contributed by atoms with E-state index in [0.29, 0.717) is 37.4 Å². The number of urea groups is 1. The van der Waals surface area contributed by atoms with Crippen molar-refractivity contribution in [2.24, 2.45) is 5.92 Å². The maximum Gasteiger partial charge on any atom is 0.325 e. The minimum absolute atomic E-state index is 0.0829. The number of nitrogens with zero attached hydrogens (tertiary/aromatic N) is 3. The Morgan fingerprint density at radius 3 is 2.25 bits per heavy atom. The Labute approximate surface area is 189 Å². The van der Waals surface area contributed by atoms with E-state index in [1.807, 2.05) is 19.1 Å². The maximum absolute atomic E-state index is 13.1. The van der Waals surface area contributed by atoms with Gasteiger partial charge in [0, 0.05) is 32.7 Å². The number of amides is 5. The van der Waals surface area contributed by atoms with Gasteiger partial charge in [0.2, 0.25) is 5.91 Å². The molecule has 1 aromatic carbocycles. The number of nitrogens with one attached hydrogen (secondary N) is 1. The highest BCUT2D eigenvalue weighted by atomic mass is 16.2. The van der Waals surface area contributed by atoms with E-state index in [4.69, 9.17) is 0 Å². The second-order valence-corrected chi connectivity index (χ2v) is 9.06. The normalized spacial score (nSPS) is 22.8. The quantitative estimate of drug-likeness (QED) is 0.658. The first-order valence-electron chi connectivity index (χ1n) is 11.4. The lowest BCUT2D eigenvalue weighted by atomic mass is 9.75. The predicted molar refractivity (Wildman–Crippen MR) is 121 cm³/mol. The molecule has 1 saturated carbocycles. The Hall–Kier alpha value is -2.90. The van der Waals surface area contributed by atoms with E-state index in [1.165, 1.54) is 4.90 Å². The van der Waals surface area contributed by atoms with Crippen molar-refractivity contribution in [2.75, 3.05) is 27.2 Å². The minimum Gasteiger partial charge on any atom is -0.345 e. The molecule has 5 amide bonds. The van der Waals surface area contributed by atoms with Gasteiger partial charge in [-0.2, -0.15) is 0 Å². The van der Waals surface area contributed by atoms with Crippen LogP contribution >= 0.6 is 0 Å². The molecule has 2 fully saturated rings. The van der Waals surface area contributed by atoms with Crippen LogP contribution in [0.3, 0.4) is 0 Å². The molecule has 0 aromatic heterocycles. The molecule has 0 unspecified atom stereocenters. The monoisotopic (exact) mass is 442 g/mol. The van der Waals surface area contributed by atoms with Crippen molar-refractivity contribution in [1.29, 1.82) is 0 Å². The summed E-state index contributed by atoms with van der Waals surface area (Å²) in [4.78, 5) is 54.8. The van der Waals surface area contributed by atoms with Gasteiger partial charge in [-0.3, -0.25) is 19.3 Å². The van der Waals surface area contributed by atoms with E-state index >= 15 is 0 Å². The zero-order chi connectivity index (χ0) is 23.5. The van der Waals surface area contributed by atoms with Crippen LogP contribution < -0.4 is 5.32 Å². The third-order valence-electron chi connectivity index (χ3n) is 6.79. The molecule has 0 bridgehead atoms. The number of rotatable bonds is 7. The largest absolute Gasteiger partial charge is 0.345 e. The average Bonchev–Trinajstić information content (AvgIpc) is 3.01. The van der Waals surface area contributed by atoms with Crippen LogP contribution in [0.2, 0.25) is 0 Å². The zero-order valence-electron chi connectivity index (χ0n) is 19.5. The number of carbonyl (C=O) groups is 4. The SMILES string of the molecule is CCC1CCC2(CC1)NC(=O)N(CC(=O)N(CC)Cc1ccc(C(=O)N(C)C)cc1)C2=O. The molecule has 2 aliphatic rings. The summed E-state index contributed by atoms with van der Waals surface area (Å²) < 4.78 is 0. The average molecular weight is 443 g/mol. The van der Waals surface area contributed by atoms with Crippen LogP contribution in [0.1, 0.15) is 61.9 Å². The second-order valence-electron chi connectivity index (χ2n) is 9.06. The molecule has 0 atom stereocenters. The summed E-state index contributed by atoms with van der Waals surface area (Å²) in [5.41, 5.74) is 0.618. The smallest absolute Gasteiger partial charge is 0.325 e. The fourth-order valence-electron chi connectivity index (χ4n) is 4.58. The third-order valence-corrected chi connectivity index (χ3v) is 6.79. The van der Waals surface area contributed by atoms with E-state index in [9.17, 15) is 19.2 Å². The molecule has 1 aliphatic heterocycles. The molecule has 8 heteroatoms. The van der Waals surface area contributed by atoms with Gasteiger partial charge >= 0.3 is 6.03 Å². The molecule has 1 aliphatic carbocycles. The minimum atomic E-state index is -0.838. The van der Waals surface area contributed by atoms with Gasteiger partial charge in [0.05, 0.1) is 0 Å². The number of hydrogen-bond donors (Lipinski definition) is 1. The molecule has 32 heavy (non-hydrogen) atoms. The van der Waals surface area contributed by atoms with Gasteiger partial charge < -0.3 is 15.1 Å². The molecule has 1 N–H and O–H groups in total. The van der Waals surface area contributed by atoms with Crippen LogP contribution in [0.5, 0.6) is 0 Å². The fourth-order valence-corrected chi connectivity index (χ4v) is 4.58. The molecular weight excluding hydrogens is 408 g/mol. The van der Waals surface area contributed by atoms with Gasteiger partial charge in [0.25, 0.3) is 11.8 Å². The van der Waals surface area contributed by atoms with Gasteiger partial charge in [-0.1, -0.05) is 25.5 Å². The van der Waals surface area contributed by atoms with Crippen LogP contribution in [-0.2, 0) is 16.1 Å². The van der Waals surface area contributed by atoms with E-state index in [2.05, 4.69) is 12.2 Å². The molecule has 0 radical (unpaired) electrons. The lowest BCUT2D eigenvalue weighted by Gasteiger charge is -2.34. The number of likely N-dealkylation sites (N-methyl/N-ethyl adjacent to an activating group) is 1. The highest BCUT2D eigenvalue weighted by Gasteiger charge is 2.52. The number of hydrogen-bond acceptors (Lipinski definition) is 4. The maximum atomic E-state index is 13.1. The molecule has 1 heterocycles. The van der Waals surface area contributed by atoms with Crippen molar-refractivity contribution in [3.8, 4) is 0 Å². The summed E-state index contributed by atoms with van der Waals surface area (Å²) in [6.07, 6.45) is 4.18. The summed E-state index contributed by atoms with van der Waals surface area (Å²) >= 11 is 0. The standard InChI is InChI=1S/C24H34N4O4/c1-5-17-11-13-24(14-12-17)22(31)28(23(32)25-24)16-20(29)27(6-2)15-18-7-9-19(10-8-18)21(30)26(3)4/h7-10,17H,5-6,11-16H2,1-4H3,(H,25,32). The summed E-state index contributed by atoms with van der Waals surface area (Å²) in [5, 5.41) is 2.88. The lowest BCUT2D eigenvalue weighted by molar-refractivity contribution is -0.140. The van der Waals surface area contributed by atoms with Crippen molar-refractivity contribution in [3.63, 3.8) is 0 Å². The summed E-state index contributed by atoms with van der Waals surface area (Å²) in [5.74, 6) is -0.0341. The predicted octanol–water partition coefficient (Wildman–Crippen LogP) is 2.63. The zero-order valence-corrected chi connectivity index (χ0v) is 19.5. The Morgan fingerprint density at radius 2 is 1.72 bits per heavy atom. The van der Waals surface area contributed by atoms with Crippen molar-refractivity contribution < 1.29 is 19.2 Å². The molecule has 174 valence electrons. The Kier molecular flexibility index (Phi) is 7.21. The molecule has 1 spiro atoms. The van der Waals surface area contributed by atoms with E-state index < -0.39 is 11.6 Å². The van der Waals surface area contributed by atoms with Crippen LogP contribution in [0.25, 0.3) is 0 Å². The van der Waals surface area contributed by atoms with Crippen LogP contribution in [0.4, 0.5) is 4.79 Å².